The molecule has 2 N–H and O–H groups in total. The molecular weight excluding hydrogens is 342 g/mol. The maximum atomic E-state index is 12.1. The van der Waals surface area contributed by atoms with Crippen molar-refractivity contribution < 1.29 is 18.7 Å². The lowest BCUT2D eigenvalue weighted by Crippen LogP contribution is -2.32. The maximum Gasteiger partial charge on any atom is 0.255 e. The zero-order valence-corrected chi connectivity index (χ0v) is 14.8. The highest BCUT2D eigenvalue weighted by atomic mass is 32.1. The number of benzene rings is 1. The molecule has 0 atom stereocenters. The van der Waals surface area contributed by atoms with Crippen molar-refractivity contribution in [3.63, 3.8) is 0 Å². The van der Waals surface area contributed by atoms with Gasteiger partial charge >= 0.3 is 0 Å². The Morgan fingerprint density at radius 1 is 1.28 bits per heavy atom. The molecule has 0 bridgehead atoms. The van der Waals surface area contributed by atoms with Crippen LogP contribution in [0.1, 0.15) is 21.9 Å². The molecule has 3 aromatic rings. The number of nitrogens with zero attached hydrogens (tertiary/aromatic N) is 1. The van der Waals surface area contributed by atoms with Gasteiger partial charge in [0.1, 0.15) is 17.3 Å². The van der Waals surface area contributed by atoms with E-state index in [1.54, 1.807) is 27.0 Å². The van der Waals surface area contributed by atoms with Gasteiger partial charge in [-0.1, -0.05) is 11.3 Å². The first-order chi connectivity index (χ1) is 12.0. The lowest BCUT2D eigenvalue weighted by Gasteiger charge is -2.04. The number of hydrogen-bond donors (Lipinski definition) is 2. The van der Waals surface area contributed by atoms with Crippen molar-refractivity contribution in [2.24, 2.45) is 0 Å². The third-order valence-electron chi connectivity index (χ3n) is 3.54. The smallest absolute Gasteiger partial charge is 0.255 e. The number of aromatic nitrogens is 1. The van der Waals surface area contributed by atoms with Gasteiger partial charge in [0.2, 0.25) is 5.91 Å². The second-order valence-corrected chi connectivity index (χ2v) is 6.44. The number of thiazole rings is 1. The van der Waals surface area contributed by atoms with Crippen LogP contribution in [-0.2, 0) is 4.79 Å². The molecule has 7 nitrogen and oxygen atoms in total. The number of hydrogen-bond acceptors (Lipinski definition) is 6. The summed E-state index contributed by atoms with van der Waals surface area (Å²) in [5.41, 5.74) is 1.20. The van der Waals surface area contributed by atoms with Gasteiger partial charge in [0.25, 0.3) is 5.91 Å². The van der Waals surface area contributed by atoms with Crippen LogP contribution in [0.5, 0.6) is 5.75 Å². The molecule has 2 aromatic heterocycles. The molecule has 0 unspecified atom stereocenters. The van der Waals surface area contributed by atoms with Crippen LogP contribution in [0.25, 0.3) is 10.2 Å². The van der Waals surface area contributed by atoms with E-state index in [9.17, 15) is 9.59 Å². The number of methoxy groups -OCH3 is 1. The van der Waals surface area contributed by atoms with Crippen molar-refractivity contribution in [1.29, 1.82) is 0 Å². The quantitative estimate of drug-likeness (QED) is 0.731. The fraction of sp³-hybridized carbons (Fsp3) is 0.235. The van der Waals surface area contributed by atoms with E-state index >= 15 is 0 Å². The van der Waals surface area contributed by atoms with E-state index in [2.05, 4.69) is 15.6 Å². The molecule has 25 heavy (non-hydrogen) atoms. The number of anilines is 1. The molecule has 2 heterocycles. The first-order valence-corrected chi connectivity index (χ1v) is 8.37. The SMILES string of the molecule is COc1ccc2nc(NC(=O)CNC(=O)c3cc(C)oc3C)sc2c1. The van der Waals surface area contributed by atoms with Gasteiger partial charge in [0.15, 0.2) is 5.13 Å². The largest absolute Gasteiger partial charge is 0.497 e. The van der Waals surface area contributed by atoms with E-state index in [1.807, 2.05) is 18.2 Å². The van der Waals surface area contributed by atoms with Crippen molar-refractivity contribution >= 4 is 38.5 Å². The summed E-state index contributed by atoms with van der Waals surface area (Å²) in [5, 5.41) is 5.73. The van der Waals surface area contributed by atoms with Crippen LogP contribution in [0, 0.1) is 13.8 Å². The van der Waals surface area contributed by atoms with Crippen LogP contribution >= 0.6 is 11.3 Å². The molecular formula is C17H17N3O4S. The normalized spacial score (nSPS) is 10.7. The fourth-order valence-electron chi connectivity index (χ4n) is 2.36. The number of carbonyl (C=O) groups excluding carboxylic acids is 2. The number of amides is 2. The Morgan fingerprint density at radius 2 is 2.08 bits per heavy atom. The fourth-order valence-corrected chi connectivity index (χ4v) is 3.27. The molecule has 0 saturated heterocycles. The molecule has 8 heteroatoms. The third-order valence-corrected chi connectivity index (χ3v) is 4.47. The molecule has 0 radical (unpaired) electrons. The highest BCUT2D eigenvalue weighted by Crippen LogP contribution is 2.29. The first-order valence-electron chi connectivity index (χ1n) is 7.56. The van der Waals surface area contributed by atoms with E-state index in [0.29, 0.717) is 22.2 Å². The minimum Gasteiger partial charge on any atom is -0.497 e. The van der Waals surface area contributed by atoms with Gasteiger partial charge in [0, 0.05) is 0 Å². The molecule has 0 saturated carbocycles. The number of ether oxygens (including phenoxy) is 1. The lowest BCUT2D eigenvalue weighted by atomic mass is 10.2. The highest BCUT2D eigenvalue weighted by Gasteiger charge is 2.15. The Balaban J connectivity index is 1.61. The Labute approximate surface area is 148 Å². The Morgan fingerprint density at radius 3 is 2.76 bits per heavy atom. The van der Waals surface area contributed by atoms with E-state index < -0.39 is 0 Å². The van der Waals surface area contributed by atoms with Gasteiger partial charge in [-0.05, 0) is 38.1 Å². The summed E-state index contributed by atoms with van der Waals surface area (Å²) in [6.45, 7) is 3.32. The van der Waals surface area contributed by atoms with Crippen molar-refractivity contribution in [3.05, 3.63) is 41.3 Å². The molecule has 1 aromatic carbocycles. The minimum absolute atomic E-state index is 0.151. The van der Waals surface area contributed by atoms with Gasteiger partial charge in [0.05, 0.1) is 29.4 Å². The number of aryl methyl sites for hydroxylation is 2. The second-order valence-electron chi connectivity index (χ2n) is 5.41. The number of fused-ring (bicyclic) bond motifs is 1. The zero-order chi connectivity index (χ0) is 18.0. The minimum atomic E-state index is -0.350. The number of rotatable bonds is 5. The standard InChI is InChI=1S/C17H17N3O4S/c1-9-6-12(10(2)24-9)16(22)18-8-15(21)20-17-19-13-5-4-11(23-3)7-14(13)25-17/h4-7H,8H2,1-3H3,(H,18,22)(H,19,20,21). The second kappa shape index (κ2) is 6.94. The highest BCUT2D eigenvalue weighted by molar-refractivity contribution is 7.22. The summed E-state index contributed by atoms with van der Waals surface area (Å²) in [7, 11) is 1.59. The van der Waals surface area contributed by atoms with E-state index in [0.717, 1.165) is 16.0 Å². The van der Waals surface area contributed by atoms with Crippen LogP contribution in [0.3, 0.4) is 0 Å². The van der Waals surface area contributed by atoms with Gasteiger partial charge in [-0.15, -0.1) is 0 Å². The predicted octanol–water partition coefficient (Wildman–Crippen LogP) is 2.88. The molecule has 0 aliphatic carbocycles. The molecule has 0 aliphatic rings. The van der Waals surface area contributed by atoms with E-state index in [1.165, 1.54) is 11.3 Å². The molecule has 0 fully saturated rings. The average Bonchev–Trinajstić information content (AvgIpc) is 3.13. The summed E-state index contributed by atoms with van der Waals surface area (Å²) in [6, 6.07) is 7.13. The van der Waals surface area contributed by atoms with E-state index in [4.69, 9.17) is 9.15 Å². The van der Waals surface area contributed by atoms with Crippen molar-refractivity contribution in [1.82, 2.24) is 10.3 Å². The molecule has 130 valence electrons. The summed E-state index contributed by atoms with van der Waals surface area (Å²) in [5.74, 6) is 1.20. The zero-order valence-electron chi connectivity index (χ0n) is 14.0. The topological polar surface area (TPSA) is 93.5 Å². The molecule has 3 rings (SSSR count). The summed E-state index contributed by atoms with van der Waals surface area (Å²) in [4.78, 5) is 28.4. The van der Waals surface area contributed by atoms with Gasteiger partial charge in [-0.25, -0.2) is 4.98 Å². The van der Waals surface area contributed by atoms with Gasteiger partial charge in [-0.3, -0.25) is 9.59 Å². The number of carbonyl (C=O) groups is 2. The predicted molar refractivity (Wildman–Crippen MR) is 95.3 cm³/mol. The van der Waals surface area contributed by atoms with E-state index in [-0.39, 0.29) is 18.4 Å². The van der Waals surface area contributed by atoms with Crippen LogP contribution in [0.4, 0.5) is 5.13 Å². The first kappa shape index (κ1) is 17.0. The molecule has 0 aliphatic heterocycles. The summed E-state index contributed by atoms with van der Waals surface area (Å²) < 4.78 is 11.4. The van der Waals surface area contributed by atoms with Crippen molar-refractivity contribution in [2.45, 2.75) is 13.8 Å². The Bertz CT molecular complexity index is 945. The van der Waals surface area contributed by atoms with Crippen molar-refractivity contribution in [3.8, 4) is 5.75 Å². The average molecular weight is 359 g/mol. The Hall–Kier alpha value is -2.87. The number of furan rings is 1. The van der Waals surface area contributed by atoms with Gasteiger partial charge in [-0.2, -0.15) is 0 Å². The van der Waals surface area contributed by atoms with Crippen LogP contribution in [0.2, 0.25) is 0 Å². The lowest BCUT2D eigenvalue weighted by molar-refractivity contribution is -0.115. The monoisotopic (exact) mass is 359 g/mol. The van der Waals surface area contributed by atoms with Gasteiger partial charge < -0.3 is 19.8 Å². The van der Waals surface area contributed by atoms with Crippen LogP contribution in [0.15, 0.2) is 28.7 Å². The molecule has 0 spiro atoms. The third kappa shape index (κ3) is 3.80. The Kier molecular flexibility index (Phi) is 4.71. The summed E-state index contributed by atoms with van der Waals surface area (Å²) >= 11 is 1.34. The maximum absolute atomic E-state index is 12.1. The molecule has 2 amide bonds. The number of nitrogens with one attached hydrogen (secondary N) is 2. The van der Waals surface area contributed by atoms with Crippen molar-refractivity contribution in [2.75, 3.05) is 19.0 Å². The van der Waals surface area contributed by atoms with Crippen LogP contribution < -0.4 is 15.4 Å². The summed E-state index contributed by atoms with van der Waals surface area (Å²) in [6.07, 6.45) is 0. The van der Waals surface area contributed by atoms with Crippen LogP contribution in [-0.4, -0.2) is 30.5 Å².